The van der Waals surface area contributed by atoms with Gasteiger partial charge in [0.2, 0.25) is 11.8 Å². The zero-order chi connectivity index (χ0) is 17.9. The molecule has 24 heavy (non-hydrogen) atoms. The lowest BCUT2D eigenvalue weighted by atomic mass is 9.96. The number of rotatable bonds is 5. The van der Waals surface area contributed by atoms with Crippen LogP contribution in [0.1, 0.15) is 26.3 Å². The van der Waals surface area contributed by atoms with E-state index in [4.69, 9.17) is 0 Å². The van der Waals surface area contributed by atoms with Gasteiger partial charge in [0.15, 0.2) is 0 Å². The summed E-state index contributed by atoms with van der Waals surface area (Å²) < 4.78 is 3.21. The highest BCUT2D eigenvalue weighted by atomic mass is 16.2. The van der Waals surface area contributed by atoms with Crippen molar-refractivity contribution in [1.82, 2.24) is 24.5 Å². The number of hydrogen-bond donors (Lipinski definition) is 1. The summed E-state index contributed by atoms with van der Waals surface area (Å²) in [5.41, 5.74) is 1.06. The molecule has 0 aliphatic rings. The van der Waals surface area contributed by atoms with Crippen LogP contribution in [0.5, 0.6) is 0 Å². The average Bonchev–Trinajstić information content (AvgIpc) is 3.07. The number of carbonyl (C=O) groups excluding carboxylic acids is 2. The van der Waals surface area contributed by atoms with Crippen molar-refractivity contribution in [2.75, 3.05) is 12.4 Å². The summed E-state index contributed by atoms with van der Waals surface area (Å²) in [6.45, 7) is 6.11. The van der Waals surface area contributed by atoms with E-state index in [0.717, 1.165) is 5.56 Å². The van der Waals surface area contributed by atoms with Crippen LogP contribution in [0, 0.1) is 5.41 Å². The van der Waals surface area contributed by atoms with Crippen LogP contribution in [0.25, 0.3) is 0 Å². The maximum atomic E-state index is 12.3. The molecule has 0 aliphatic carbocycles. The van der Waals surface area contributed by atoms with Crippen LogP contribution in [0.4, 0.5) is 5.69 Å². The molecule has 0 spiro atoms. The molecule has 2 aromatic heterocycles. The molecule has 0 aliphatic heterocycles. The van der Waals surface area contributed by atoms with Gasteiger partial charge >= 0.3 is 0 Å². The van der Waals surface area contributed by atoms with Gasteiger partial charge in [-0.25, -0.2) is 0 Å². The third kappa shape index (κ3) is 4.68. The van der Waals surface area contributed by atoms with Gasteiger partial charge in [0.25, 0.3) is 0 Å². The van der Waals surface area contributed by atoms with Gasteiger partial charge in [0, 0.05) is 44.0 Å². The van der Waals surface area contributed by atoms with Crippen molar-refractivity contribution < 1.29 is 9.59 Å². The van der Waals surface area contributed by atoms with Crippen molar-refractivity contribution >= 4 is 17.5 Å². The van der Waals surface area contributed by atoms with Crippen LogP contribution in [0.3, 0.4) is 0 Å². The Labute approximate surface area is 141 Å². The monoisotopic (exact) mass is 332 g/mol. The number of nitrogens with zero attached hydrogens (tertiary/aromatic N) is 5. The maximum absolute atomic E-state index is 12.3. The van der Waals surface area contributed by atoms with Crippen LogP contribution in [0.2, 0.25) is 0 Å². The molecule has 1 N–H and O–H groups in total. The van der Waals surface area contributed by atoms with Crippen molar-refractivity contribution in [3.63, 3.8) is 0 Å². The summed E-state index contributed by atoms with van der Waals surface area (Å²) in [6, 6.07) is 0. The standard InChI is InChI=1S/C16H24N6O2/c1-16(2,3)15(24)19-13-7-18-22(10-13)11-14(23)20(4)8-12-6-17-21(5)9-12/h6-7,9-10H,8,11H2,1-5H3,(H,19,24). The topological polar surface area (TPSA) is 85.0 Å². The first-order chi connectivity index (χ1) is 11.1. The highest BCUT2D eigenvalue weighted by Gasteiger charge is 2.21. The number of aromatic nitrogens is 4. The molecule has 0 aromatic carbocycles. The highest BCUT2D eigenvalue weighted by Crippen LogP contribution is 2.16. The van der Waals surface area contributed by atoms with Gasteiger partial charge in [-0.2, -0.15) is 10.2 Å². The first kappa shape index (κ1) is 17.7. The fourth-order valence-electron chi connectivity index (χ4n) is 2.01. The molecule has 2 heterocycles. The van der Waals surface area contributed by atoms with E-state index in [2.05, 4.69) is 15.5 Å². The molecule has 0 unspecified atom stereocenters. The van der Waals surface area contributed by atoms with E-state index in [1.165, 1.54) is 10.9 Å². The first-order valence-electron chi connectivity index (χ1n) is 7.70. The van der Waals surface area contributed by atoms with Crippen LogP contribution in [-0.2, 0) is 29.7 Å². The number of likely N-dealkylation sites (N-methyl/N-ethyl adjacent to an activating group) is 1. The summed E-state index contributed by atoms with van der Waals surface area (Å²) in [4.78, 5) is 25.8. The molecule has 2 amide bonds. The SMILES string of the molecule is CN(Cc1cnn(C)c1)C(=O)Cn1cc(NC(=O)C(C)(C)C)cn1. The van der Waals surface area contributed by atoms with Gasteiger partial charge in [0.05, 0.1) is 18.1 Å². The lowest BCUT2D eigenvalue weighted by Crippen LogP contribution is -2.30. The smallest absolute Gasteiger partial charge is 0.244 e. The van der Waals surface area contributed by atoms with Gasteiger partial charge in [-0.1, -0.05) is 20.8 Å². The molecule has 0 radical (unpaired) electrons. The predicted octanol–water partition coefficient (Wildman–Crippen LogP) is 1.26. The number of nitrogens with one attached hydrogen (secondary N) is 1. The minimum Gasteiger partial charge on any atom is -0.340 e. The summed E-state index contributed by atoms with van der Waals surface area (Å²) in [5, 5.41) is 11.0. The van der Waals surface area contributed by atoms with Gasteiger partial charge in [0.1, 0.15) is 6.54 Å². The molecule has 0 fully saturated rings. The fourth-order valence-corrected chi connectivity index (χ4v) is 2.01. The van der Waals surface area contributed by atoms with E-state index < -0.39 is 5.41 Å². The second kappa shape index (κ2) is 6.86. The number of carbonyl (C=O) groups is 2. The normalized spacial score (nSPS) is 11.4. The Kier molecular flexibility index (Phi) is 5.06. The zero-order valence-electron chi connectivity index (χ0n) is 14.8. The van der Waals surface area contributed by atoms with E-state index in [1.54, 1.807) is 29.0 Å². The van der Waals surface area contributed by atoms with Gasteiger partial charge in [-0.15, -0.1) is 0 Å². The van der Waals surface area contributed by atoms with Crippen LogP contribution < -0.4 is 5.32 Å². The first-order valence-corrected chi connectivity index (χ1v) is 7.70. The third-order valence-electron chi connectivity index (χ3n) is 3.47. The quantitative estimate of drug-likeness (QED) is 0.893. The van der Waals surface area contributed by atoms with E-state index in [0.29, 0.717) is 12.2 Å². The Morgan fingerprint density at radius 3 is 2.50 bits per heavy atom. The number of hydrogen-bond acceptors (Lipinski definition) is 4. The van der Waals surface area contributed by atoms with Crippen molar-refractivity contribution in [3.05, 3.63) is 30.4 Å². The van der Waals surface area contributed by atoms with Crippen molar-refractivity contribution in [3.8, 4) is 0 Å². The Bertz CT molecular complexity index is 725. The molecule has 8 nitrogen and oxygen atoms in total. The number of amides is 2. The van der Waals surface area contributed by atoms with E-state index >= 15 is 0 Å². The van der Waals surface area contributed by atoms with E-state index in [1.807, 2.05) is 34.0 Å². The van der Waals surface area contributed by atoms with Crippen molar-refractivity contribution in [1.29, 1.82) is 0 Å². The number of anilines is 1. The Morgan fingerprint density at radius 2 is 1.92 bits per heavy atom. The lowest BCUT2D eigenvalue weighted by molar-refractivity contribution is -0.131. The van der Waals surface area contributed by atoms with E-state index in [9.17, 15) is 9.59 Å². The zero-order valence-corrected chi connectivity index (χ0v) is 14.8. The van der Waals surface area contributed by atoms with Gasteiger partial charge < -0.3 is 10.2 Å². The van der Waals surface area contributed by atoms with Gasteiger partial charge in [-0.3, -0.25) is 19.0 Å². The summed E-state index contributed by atoms with van der Waals surface area (Å²) in [5.74, 6) is -0.169. The molecule has 2 aromatic rings. The molecule has 8 heteroatoms. The average molecular weight is 332 g/mol. The molecule has 0 saturated heterocycles. The Balaban J connectivity index is 1.91. The second-order valence-corrected chi connectivity index (χ2v) is 6.90. The molecule has 0 bridgehead atoms. The van der Waals surface area contributed by atoms with Gasteiger partial charge in [-0.05, 0) is 0 Å². The van der Waals surface area contributed by atoms with Crippen molar-refractivity contribution in [2.45, 2.75) is 33.9 Å². The lowest BCUT2D eigenvalue weighted by Gasteiger charge is -2.17. The Hall–Kier alpha value is -2.64. The molecular weight excluding hydrogens is 308 g/mol. The predicted molar refractivity (Wildman–Crippen MR) is 90.0 cm³/mol. The molecule has 130 valence electrons. The maximum Gasteiger partial charge on any atom is 0.244 e. The minimum absolute atomic E-state index is 0.0735. The molecular formula is C16H24N6O2. The largest absolute Gasteiger partial charge is 0.340 e. The summed E-state index contributed by atoms with van der Waals surface area (Å²) >= 11 is 0. The number of aryl methyl sites for hydroxylation is 1. The molecule has 0 atom stereocenters. The molecule has 0 saturated carbocycles. The minimum atomic E-state index is -0.484. The second-order valence-electron chi connectivity index (χ2n) is 6.90. The van der Waals surface area contributed by atoms with E-state index in [-0.39, 0.29) is 18.4 Å². The highest BCUT2D eigenvalue weighted by molar-refractivity contribution is 5.94. The van der Waals surface area contributed by atoms with Crippen LogP contribution in [0.15, 0.2) is 24.8 Å². The Morgan fingerprint density at radius 1 is 1.21 bits per heavy atom. The van der Waals surface area contributed by atoms with Crippen molar-refractivity contribution in [2.24, 2.45) is 12.5 Å². The fraction of sp³-hybridized carbons (Fsp3) is 0.500. The van der Waals surface area contributed by atoms with Crippen LogP contribution >= 0.6 is 0 Å². The summed E-state index contributed by atoms with van der Waals surface area (Å²) in [7, 11) is 3.57. The summed E-state index contributed by atoms with van der Waals surface area (Å²) in [6.07, 6.45) is 6.80. The molecule has 2 rings (SSSR count). The third-order valence-corrected chi connectivity index (χ3v) is 3.47. The van der Waals surface area contributed by atoms with Crippen LogP contribution in [-0.4, -0.2) is 43.3 Å².